The van der Waals surface area contributed by atoms with Crippen molar-refractivity contribution in [3.8, 4) is 0 Å². The molecule has 0 radical (unpaired) electrons. The van der Waals surface area contributed by atoms with E-state index in [0.29, 0.717) is 10.8 Å². The third-order valence-electron chi connectivity index (χ3n) is 3.86. The van der Waals surface area contributed by atoms with E-state index in [1.807, 2.05) is 0 Å². The second-order valence-corrected chi connectivity index (χ2v) is 6.77. The molecule has 0 heteroatoms. The molecule has 0 rings (SSSR count). The smallest absolute Gasteiger partial charge is 0.0306 e. The molecule has 0 fully saturated rings. The maximum absolute atomic E-state index is 2.41. The Kier molecular flexibility index (Phi) is 5.19. The monoisotopic (exact) mass is 198 g/mol. The van der Waals surface area contributed by atoms with Crippen molar-refractivity contribution in [2.75, 3.05) is 0 Å². The summed E-state index contributed by atoms with van der Waals surface area (Å²) < 4.78 is 0. The molecule has 0 aliphatic heterocycles. The van der Waals surface area contributed by atoms with Crippen LogP contribution in [0, 0.1) is 16.7 Å². The Morgan fingerprint density at radius 3 is 1.71 bits per heavy atom. The van der Waals surface area contributed by atoms with Gasteiger partial charge in [-0.15, -0.1) is 0 Å². The van der Waals surface area contributed by atoms with Gasteiger partial charge < -0.3 is 0 Å². The molecule has 0 aromatic heterocycles. The van der Waals surface area contributed by atoms with Crippen molar-refractivity contribution < 1.29 is 0 Å². The van der Waals surface area contributed by atoms with Crippen LogP contribution < -0.4 is 0 Å². The molecule has 0 N–H and O–H groups in total. The predicted octanol–water partition coefficient (Wildman–Crippen LogP) is 5.28. The van der Waals surface area contributed by atoms with Gasteiger partial charge in [0.2, 0.25) is 0 Å². The van der Waals surface area contributed by atoms with Crippen LogP contribution in [-0.4, -0.2) is 0 Å². The van der Waals surface area contributed by atoms with E-state index in [0.717, 1.165) is 5.92 Å². The summed E-state index contributed by atoms with van der Waals surface area (Å²) >= 11 is 0. The quantitative estimate of drug-likeness (QED) is 0.528. The SMILES string of the molecule is CC(C)CCCCC(C)(C)C(C)(C)C. The number of unbranched alkanes of at least 4 members (excludes halogenated alkanes) is 1. The first-order valence-corrected chi connectivity index (χ1v) is 6.17. The van der Waals surface area contributed by atoms with E-state index < -0.39 is 0 Å². The summed E-state index contributed by atoms with van der Waals surface area (Å²) in [5.74, 6) is 0.868. The molecule has 14 heavy (non-hydrogen) atoms. The molecule has 86 valence electrons. The topological polar surface area (TPSA) is 0 Å². The first-order chi connectivity index (χ1) is 6.17. The van der Waals surface area contributed by atoms with Crippen molar-refractivity contribution in [3.63, 3.8) is 0 Å². The van der Waals surface area contributed by atoms with Crippen molar-refractivity contribution in [3.05, 3.63) is 0 Å². The summed E-state index contributed by atoms with van der Waals surface area (Å²) in [7, 11) is 0. The lowest BCUT2D eigenvalue weighted by atomic mass is 9.66. The Morgan fingerprint density at radius 2 is 1.36 bits per heavy atom. The zero-order chi connectivity index (χ0) is 11.4. The lowest BCUT2D eigenvalue weighted by molar-refractivity contribution is 0.115. The second kappa shape index (κ2) is 5.19. The molecule has 0 unspecified atom stereocenters. The fourth-order valence-corrected chi connectivity index (χ4v) is 1.49. The molecule has 0 atom stereocenters. The molecule has 0 bridgehead atoms. The van der Waals surface area contributed by atoms with E-state index in [1.54, 1.807) is 0 Å². The summed E-state index contributed by atoms with van der Waals surface area (Å²) in [6.07, 6.45) is 5.54. The van der Waals surface area contributed by atoms with Crippen molar-refractivity contribution in [1.29, 1.82) is 0 Å². The van der Waals surface area contributed by atoms with Gasteiger partial charge in [0.1, 0.15) is 0 Å². The highest BCUT2D eigenvalue weighted by Crippen LogP contribution is 2.41. The first-order valence-electron chi connectivity index (χ1n) is 6.17. The van der Waals surface area contributed by atoms with E-state index in [4.69, 9.17) is 0 Å². The second-order valence-electron chi connectivity index (χ2n) is 6.77. The lowest BCUT2D eigenvalue weighted by Gasteiger charge is -2.39. The molecule has 0 aromatic carbocycles. The Hall–Kier alpha value is 0. The molecule has 0 saturated carbocycles. The molecule has 0 saturated heterocycles. The highest BCUT2D eigenvalue weighted by Gasteiger charge is 2.31. The van der Waals surface area contributed by atoms with Crippen molar-refractivity contribution in [1.82, 2.24) is 0 Å². The van der Waals surface area contributed by atoms with E-state index in [-0.39, 0.29) is 0 Å². The van der Waals surface area contributed by atoms with Gasteiger partial charge in [-0.3, -0.25) is 0 Å². The number of rotatable bonds is 5. The predicted molar refractivity (Wildman–Crippen MR) is 66.5 cm³/mol. The minimum absolute atomic E-state index is 0.435. The Balaban J connectivity index is 3.78. The van der Waals surface area contributed by atoms with Crippen LogP contribution in [0.5, 0.6) is 0 Å². The van der Waals surface area contributed by atoms with Gasteiger partial charge in [-0.2, -0.15) is 0 Å². The highest BCUT2D eigenvalue weighted by molar-refractivity contribution is 4.82. The minimum atomic E-state index is 0.435. The fraction of sp³-hybridized carbons (Fsp3) is 1.00. The largest absolute Gasteiger partial charge is 0.0628 e. The standard InChI is InChI=1S/C14H30/c1-12(2)10-8-9-11-14(6,7)13(3,4)5/h12H,8-11H2,1-7H3. The Bertz CT molecular complexity index is 146. The number of hydrogen-bond donors (Lipinski definition) is 0. The maximum atomic E-state index is 2.41. The van der Waals surface area contributed by atoms with E-state index in [2.05, 4.69) is 48.5 Å². The van der Waals surface area contributed by atoms with Crippen molar-refractivity contribution >= 4 is 0 Å². The molecule has 0 aliphatic rings. The van der Waals surface area contributed by atoms with Gasteiger partial charge in [0, 0.05) is 0 Å². The van der Waals surface area contributed by atoms with Gasteiger partial charge in [-0.25, -0.2) is 0 Å². The molecule has 0 aromatic rings. The Morgan fingerprint density at radius 1 is 0.857 bits per heavy atom. The van der Waals surface area contributed by atoms with E-state index >= 15 is 0 Å². The van der Waals surface area contributed by atoms with E-state index in [1.165, 1.54) is 25.7 Å². The lowest BCUT2D eigenvalue weighted by Crippen LogP contribution is -2.29. The average Bonchev–Trinajstić information content (AvgIpc) is 1.95. The molecule has 0 heterocycles. The first kappa shape index (κ1) is 14.0. The van der Waals surface area contributed by atoms with Crippen LogP contribution in [0.2, 0.25) is 0 Å². The Labute approximate surface area is 91.5 Å². The van der Waals surface area contributed by atoms with Crippen LogP contribution in [0.1, 0.15) is 74.1 Å². The van der Waals surface area contributed by atoms with Gasteiger partial charge in [-0.1, -0.05) is 67.7 Å². The minimum Gasteiger partial charge on any atom is -0.0628 e. The normalized spacial score (nSPS) is 13.7. The van der Waals surface area contributed by atoms with Crippen molar-refractivity contribution in [2.45, 2.75) is 74.1 Å². The number of hydrogen-bond acceptors (Lipinski definition) is 0. The third kappa shape index (κ3) is 5.02. The zero-order valence-electron chi connectivity index (χ0n) is 11.4. The van der Waals surface area contributed by atoms with E-state index in [9.17, 15) is 0 Å². The summed E-state index contributed by atoms with van der Waals surface area (Å²) in [4.78, 5) is 0. The molecule has 0 nitrogen and oxygen atoms in total. The molecule has 0 aliphatic carbocycles. The van der Waals surface area contributed by atoms with Gasteiger partial charge in [0.05, 0.1) is 0 Å². The summed E-state index contributed by atoms with van der Waals surface area (Å²) in [6.45, 7) is 16.5. The van der Waals surface area contributed by atoms with Crippen molar-refractivity contribution in [2.24, 2.45) is 16.7 Å². The van der Waals surface area contributed by atoms with Crippen LogP contribution in [0.3, 0.4) is 0 Å². The van der Waals surface area contributed by atoms with Gasteiger partial charge >= 0.3 is 0 Å². The molecule has 0 amide bonds. The summed E-state index contributed by atoms with van der Waals surface area (Å²) in [5.41, 5.74) is 0.912. The average molecular weight is 198 g/mol. The van der Waals surface area contributed by atoms with Gasteiger partial charge in [0.15, 0.2) is 0 Å². The van der Waals surface area contributed by atoms with Crippen LogP contribution in [-0.2, 0) is 0 Å². The fourth-order valence-electron chi connectivity index (χ4n) is 1.49. The van der Waals surface area contributed by atoms with Crippen LogP contribution in [0.4, 0.5) is 0 Å². The van der Waals surface area contributed by atoms with Gasteiger partial charge in [-0.05, 0) is 23.2 Å². The van der Waals surface area contributed by atoms with Crippen LogP contribution in [0.15, 0.2) is 0 Å². The molecular weight excluding hydrogens is 168 g/mol. The zero-order valence-corrected chi connectivity index (χ0v) is 11.4. The summed E-state index contributed by atoms with van der Waals surface area (Å²) in [6, 6.07) is 0. The summed E-state index contributed by atoms with van der Waals surface area (Å²) in [5, 5.41) is 0. The molecule has 0 spiro atoms. The highest BCUT2D eigenvalue weighted by atomic mass is 14.4. The van der Waals surface area contributed by atoms with Crippen LogP contribution in [0.25, 0.3) is 0 Å². The molecular formula is C14H30. The maximum Gasteiger partial charge on any atom is -0.0306 e. The van der Waals surface area contributed by atoms with Crippen LogP contribution >= 0.6 is 0 Å². The van der Waals surface area contributed by atoms with Gasteiger partial charge in [0.25, 0.3) is 0 Å². The third-order valence-corrected chi connectivity index (χ3v) is 3.86.